The van der Waals surface area contributed by atoms with Gasteiger partial charge < -0.3 is 14.4 Å². The van der Waals surface area contributed by atoms with Crippen molar-refractivity contribution in [2.75, 3.05) is 7.05 Å². The molecule has 2 aromatic rings. The summed E-state index contributed by atoms with van der Waals surface area (Å²) in [6.45, 7) is 2.82. The summed E-state index contributed by atoms with van der Waals surface area (Å²) >= 11 is 0. The number of likely N-dealkylation sites (N-methyl/N-ethyl adjacent to an activating group) is 1. The molecular weight excluding hydrogens is 289 g/mol. The van der Waals surface area contributed by atoms with Crippen LogP contribution in [-0.2, 0) is 4.79 Å². The molecule has 1 aromatic heterocycles. The molecule has 1 heterocycles. The third-order valence-corrected chi connectivity index (χ3v) is 3.62. The van der Waals surface area contributed by atoms with E-state index in [0.29, 0.717) is 0 Å². The largest absolute Gasteiger partial charge is 0.480 e. The van der Waals surface area contributed by atoms with E-state index in [1.54, 1.807) is 12.1 Å². The summed E-state index contributed by atoms with van der Waals surface area (Å²) in [4.78, 5) is 24.6. The Morgan fingerprint density at radius 2 is 1.82 bits per heavy atom. The maximum atomic E-state index is 13.7. The fourth-order valence-corrected chi connectivity index (χ4v) is 1.82. The SMILES string of the molecule is CN(C(=O)c1ccc(-c2ccccc2F)o1)C(C)(C)C(=O)O. The smallest absolute Gasteiger partial charge is 0.329 e. The second-order valence-corrected chi connectivity index (χ2v) is 5.37. The zero-order valence-corrected chi connectivity index (χ0v) is 12.5. The zero-order chi connectivity index (χ0) is 16.5. The lowest BCUT2D eigenvalue weighted by Gasteiger charge is -2.30. The van der Waals surface area contributed by atoms with Crippen LogP contribution in [0.2, 0.25) is 0 Å². The van der Waals surface area contributed by atoms with Crippen LogP contribution in [0.5, 0.6) is 0 Å². The maximum absolute atomic E-state index is 13.7. The number of nitrogens with zero attached hydrogens (tertiary/aromatic N) is 1. The molecule has 1 N–H and O–H groups in total. The molecule has 0 radical (unpaired) electrons. The molecule has 0 unspecified atom stereocenters. The van der Waals surface area contributed by atoms with Gasteiger partial charge in [0.05, 0.1) is 5.56 Å². The minimum atomic E-state index is -1.39. The van der Waals surface area contributed by atoms with Gasteiger partial charge in [-0.05, 0) is 38.1 Å². The number of aliphatic carboxylic acids is 1. The van der Waals surface area contributed by atoms with Gasteiger partial charge >= 0.3 is 5.97 Å². The first-order valence-electron chi connectivity index (χ1n) is 6.61. The summed E-state index contributed by atoms with van der Waals surface area (Å²) in [5.41, 5.74) is -1.15. The van der Waals surface area contributed by atoms with Gasteiger partial charge in [-0.3, -0.25) is 4.79 Å². The summed E-state index contributed by atoms with van der Waals surface area (Å²) in [7, 11) is 1.38. The van der Waals surface area contributed by atoms with Crippen molar-refractivity contribution in [3.63, 3.8) is 0 Å². The van der Waals surface area contributed by atoms with Gasteiger partial charge in [-0.2, -0.15) is 0 Å². The zero-order valence-electron chi connectivity index (χ0n) is 12.5. The molecule has 0 aliphatic heterocycles. The van der Waals surface area contributed by atoms with Crippen molar-refractivity contribution < 1.29 is 23.5 Å². The van der Waals surface area contributed by atoms with E-state index < -0.39 is 23.2 Å². The predicted molar refractivity (Wildman–Crippen MR) is 77.9 cm³/mol. The highest BCUT2D eigenvalue weighted by Crippen LogP contribution is 2.26. The van der Waals surface area contributed by atoms with Crippen molar-refractivity contribution in [3.8, 4) is 11.3 Å². The van der Waals surface area contributed by atoms with Gasteiger partial charge in [0.15, 0.2) is 5.76 Å². The molecule has 116 valence electrons. The summed E-state index contributed by atoms with van der Waals surface area (Å²) < 4.78 is 19.1. The Morgan fingerprint density at radius 1 is 1.18 bits per heavy atom. The molecule has 0 atom stereocenters. The van der Waals surface area contributed by atoms with E-state index in [-0.39, 0.29) is 17.1 Å². The summed E-state index contributed by atoms with van der Waals surface area (Å²) in [6.07, 6.45) is 0. The van der Waals surface area contributed by atoms with Gasteiger partial charge in [0.1, 0.15) is 17.1 Å². The molecule has 5 nitrogen and oxygen atoms in total. The molecule has 0 fully saturated rings. The summed E-state index contributed by atoms with van der Waals surface area (Å²) in [6, 6.07) is 8.91. The average Bonchev–Trinajstić information content (AvgIpc) is 2.95. The number of hydrogen-bond acceptors (Lipinski definition) is 3. The van der Waals surface area contributed by atoms with E-state index in [0.717, 1.165) is 4.90 Å². The third kappa shape index (κ3) is 2.72. The molecule has 0 saturated heterocycles. The normalized spacial score (nSPS) is 11.3. The van der Waals surface area contributed by atoms with Crippen molar-refractivity contribution in [2.24, 2.45) is 0 Å². The number of halogens is 1. The van der Waals surface area contributed by atoms with Crippen LogP contribution in [0.15, 0.2) is 40.8 Å². The highest BCUT2D eigenvalue weighted by Gasteiger charge is 2.36. The molecular formula is C16H16FNO4. The van der Waals surface area contributed by atoms with E-state index in [1.165, 1.54) is 45.2 Å². The van der Waals surface area contributed by atoms with Crippen molar-refractivity contribution in [1.82, 2.24) is 4.90 Å². The van der Waals surface area contributed by atoms with Crippen molar-refractivity contribution in [1.29, 1.82) is 0 Å². The Balaban J connectivity index is 2.31. The van der Waals surface area contributed by atoms with E-state index in [2.05, 4.69) is 0 Å². The number of furan rings is 1. The quantitative estimate of drug-likeness (QED) is 0.942. The fourth-order valence-electron chi connectivity index (χ4n) is 1.82. The number of benzene rings is 1. The van der Waals surface area contributed by atoms with Gasteiger partial charge in [-0.25, -0.2) is 9.18 Å². The van der Waals surface area contributed by atoms with Crippen LogP contribution in [-0.4, -0.2) is 34.5 Å². The van der Waals surface area contributed by atoms with Gasteiger partial charge in [0.25, 0.3) is 5.91 Å². The number of carboxylic acid groups (broad SMARTS) is 1. The number of carbonyl (C=O) groups is 2. The molecule has 1 aromatic carbocycles. The molecule has 2 rings (SSSR count). The molecule has 0 aliphatic rings. The van der Waals surface area contributed by atoms with Crippen LogP contribution in [0.25, 0.3) is 11.3 Å². The Morgan fingerprint density at radius 3 is 2.41 bits per heavy atom. The first kappa shape index (κ1) is 15.8. The maximum Gasteiger partial charge on any atom is 0.329 e. The van der Waals surface area contributed by atoms with E-state index in [4.69, 9.17) is 9.52 Å². The molecule has 1 amide bonds. The number of amides is 1. The van der Waals surface area contributed by atoms with Crippen LogP contribution in [0.4, 0.5) is 4.39 Å². The fraction of sp³-hybridized carbons (Fsp3) is 0.250. The van der Waals surface area contributed by atoms with Gasteiger partial charge in [0, 0.05) is 7.05 Å². The first-order chi connectivity index (χ1) is 10.2. The van der Waals surface area contributed by atoms with Crippen molar-refractivity contribution in [2.45, 2.75) is 19.4 Å². The summed E-state index contributed by atoms with van der Waals surface area (Å²) in [5.74, 6) is -2.02. The second kappa shape index (κ2) is 5.63. The van der Waals surface area contributed by atoms with Crippen LogP contribution in [0.3, 0.4) is 0 Å². The molecule has 22 heavy (non-hydrogen) atoms. The second-order valence-electron chi connectivity index (χ2n) is 5.37. The molecule has 0 spiro atoms. The standard InChI is InChI=1S/C16H16FNO4/c1-16(2,15(20)21)18(3)14(19)13-9-8-12(22-13)10-6-4-5-7-11(10)17/h4-9H,1-3H3,(H,20,21). The first-order valence-corrected chi connectivity index (χ1v) is 6.61. The average molecular weight is 305 g/mol. The Labute approximate surface area is 127 Å². The minimum Gasteiger partial charge on any atom is -0.480 e. The van der Waals surface area contributed by atoms with Crippen LogP contribution >= 0.6 is 0 Å². The monoisotopic (exact) mass is 305 g/mol. The Hall–Kier alpha value is -2.63. The predicted octanol–water partition coefficient (Wildman–Crippen LogP) is 3.02. The van der Waals surface area contributed by atoms with Crippen LogP contribution in [0, 0.1) is 5.82 Å². The van der Waals surface area contributed by atoms with E-state index in [1.807, 2.05) is 0 Å². The molecule has 6 heteroatoms. The Kier molecular flexibility index (Phi) is 4.03. The van der Waals surface area contributed by atoms with Crippen molar-refractivity contribution >= 4 is 11.9 Å². The highest BCUT2D eigenvalue weighted by atomic mass is 19.1. The number of carbonyl (C=O) groups excluding carboxylic acids is 1. The minimum absolute atomic E-state index is 0.0462. The van der Waals surface area contributed by atoms with E-state index >= 15 is 0 Å². The topological polar surface area (TPSA) is 70.8 Å². The molecule has 0 bridgehead atoms. The number of hydrogen-bond donors (Lipinski definition) is 1. The lowest BCUT2D eigenvalue weighted by Crippen LogP contribution is -2.50. The molecule has 0 saturated carbocycles. The number of carboxylic acids is 1. The lowest BCUT2D eigenvalue weighted by atomic mass is 10.0. The van der Waals surface area contributed by atoms with Gasteiger partial charge in [-0.1, -0.05) is 12.1 Å². The number of rotatable bonds is 4. The van der Waals surface area contributed by atoms with Gasteiger partial charge in [-0.15, -0.1) is 0 Å². The highest BCUT2D eigenvalue weighted by molar-refractivity contribution is 5.95. The van der Waals surface area contributed by atoms with Crippen molar-refractivity contribution in [3.05, 3.63) is 48.0 Å². The molecule has 0 aliphatic carbocycles. The van der Waals surface area contributed by atoms with Crippen LogP contribution in [0.1, 0.15) is 24.4 Å². The third-order valence-electron chi connectivity index (χ3n) is 3.62. The summed E-state index contributed by atoms with van der Waals surface area (Å²) in [5, 5.41) is 9.15. The Bertz CT molecular complexity index is 720. The van der Waals surface area contributed by atoms with Crippen LogP contribution < -0.4 is 0 Å². The lowest BCUT2D eigenvalue weighted by molar-refractivity contribution is -0.147. The van der Waals surface area contributed by atoms with Gasteiger partial charge in [0.2, 0.25) is 0 Å². The van der Waals surface area contributed by atoms with E-state index in [9.17, 15) is 14.0 Å².